The molecule has 0 unspecified atom stereocenters. The Hall–Kier alpha value is -3.07. The Morgan fingerprint density at radius 1 is 1.23 bits per heavy atom. The first-order valence-corrected chi connectivity index (χ1v) is 10.5. The van der Waals surface area contributed by atoms with Crippen LogP contribution >= 0.6 is 15.9 Å². The summed E-state index contributed by atoms with van der Waals surface area (Å²) in [6.07, 6.45) is 6.58. The summed E-state index contributed by atoms with van der Waals surface area (Å²) in [5.74, 6) is 0.292. The molecular formula is C21H19BrN4O4. The number of benzene rings is 2. The number of nitrogens with zero attached hydrogens (tertiary/aromatic N) is 4. The van der Waals surface area contributed by atoms with Gasteiger partial charge in [-0.3, -0.25) is 14.9 Å². The summed E-state index contributed by atoms with van der Waals surface area (Å²) >= 11 is 3.12. The maximum Gasteiger partial charge on any atom is 0.312 e. The molecule has 0 spiro atoms. The summed E-state index contributed by atoms with van der Waals surface area (Å²) in [4.78, 5) is 28.4. The fraction of sp³-hybridized carbons (Fsp3) is 0.286. The molecule has 3 aromatic rings. The smallest absolute Gasteiger partial charge is 0.312 e. The van der Waals surface area contributed by atoms with E-state index in [1.807, 2.05) is 12.1 Å². The van der Waals surface area contributed by atoms with Crippen LogP contribution in [0.25, 0.3) is 10.9 Å². The Morgan fingerprint density at radius 3 is 2.70 bits per heavy atom. The Balaban J connectivity index is 1.84. The van der Waals surface area contributed by atoms with Crippen LogP contribution in [0.1, 0.15) is 49.4 Å². The van der Waals surface area contributed by atoms with Crippen LogP contribution in [-0.2, 0) is 0 Å². The van der Waals surface area contributed by atoms with Gasteiger partial charge >= 0.3 is 5.69 Å². The zero-order chi connectivity index (χ0) is 21.3. The van der Waals surface area contributed by atoms with E-state index < -0.39 is 16.4 Å². The summed E-state index contributed by atoms with van der Waals surface area (Å²) in [7, 11) is 0. The Morgan fingerprint density at radius 2 is 1.97 bits per heavy atom. The number of phenolic OH excluding ortho intramolecular Hbond substituents is 1. The molecule has 154 valence electrons. The van der Waals surface area contributed by atoms with Gasteiger partial charge in [0.05, 0.1) is 26.5 Å². The number of fused-ring (bicyclic) bond motifs is 1. The van der Waals surface area contributed by atoms with Crippen LogP contribution in [-0.4, -0.2) is 25.9 Å². The third-order valence-electron chi connectivity index (χ3n) is 5.33. The van der Waals surface area contributed by atoms with Crippen LogP contribution in [0.3, 0.4) is 0 Å². The summed E-state index contributed by atoms with van der Waals surface area (Å²) in [6, 6.07) is 9.87. The van der Waals surface area contributed by atoms with Crippen molar-refractivity contribution in [3.05, 3.63) is 72.7 Å². The van der Waals surface area contributed by atoms with Crippen molar-refractivity contribution in [1.29, 1.82) is 0 Å². The van der Waals surface area contributed by atoms with E-state index >= 15 is 0 Å². The number of para-hydroxylation sites is 1. The minimum absolute atomic E-state index is 0.133. The van der Waals surface area contributed by atoms with Gasteiger partial charge in [-0.1, -0.05) is 31.4 Å². The number of hydrogen-bond donors (Lipinski definition) is 1. The lowest BCUT2D eigenvalue weighted by Gasteiger charge is -2.22. The first-order chi connectivity index (χ1) is 14.5. The predicted molar refractivity (Wildman–Crippen MR) is 117 cm³/mol. The van der Waals surface area contributed by atoms with Crippen LogP contribution in [0, 0.1) is 10.1 Å². The molecule has 0 aliphatic heterocycles. The minimum Gasteiger partial charge on any atom is -0.501 e. The summed E-state index contributed by atoms with van der Waals surface area (Å²) in [5.41, 5.74) is 0.297. The number of halogens is 1. The van der Waals surface area contributed by atoms with Gasteiger partial charge in [0, 0.05) is 17.5 Å². The molecule has 1 N–H and O–H groups in total. The number of hydrogen-bond acceptors (Lipinski definition) is 6. The lowest BCUT2D eigenvalue weighted by Crippen LogP contribution is -2.25. The van der Waals surface area contributed by atoms with Crippen molar-refractivity contribution in [1.82, 2.24) is 9.66 Å². The van der Waals surface area contributed by atoms with Gasteiger partial charge in [-0.15, -0.1) is 0 Å². The van der Waals surface area contributed by atoms with E-state index in [2.05, 4.69) is 21.0 Å². The lowest BCUT2D eigenvalue weighted by molar-refractivity contribution is -0.386. The number of phenols is 1. The van der Waals surface area contributed by atoms with Crippen LogP contribution in [0.5, 0.6) is 5.75 Å². The van der Waals surface area contributed by atoms with Crippen molar-refractivity contribution in [2.24, 2.45) is 5.10 Å². The molecule has 0 saturated heterocycles. The van der Waals surface area contributed by atoms with Gasteiger partial charge in [0.25, 0.3) is 5.56 Å². The van der Waals surface area contributed by atoms with Crippen molar-refractivity contribution >= 4 is 38.7 Å². The third-order valence-corrected chi connectivity index (χ3v) is 5.94. The standard InChI is InChI=1S/C21H19BrN4O4/c22-16-10-13(11-18(19(16)27)26(29)30)12-23-25-20(14-6-2-1-3-7-14)24-17-9-5-4-8-15(17)21(25)28/h4-5,8-12,14,27H,1-3,6-7H2. The quantitative estimate of drug-likeness (QED) is 0.337. The van der Waals surface area contributed by atoms with E-state index in [1.165, 1.54) is 29.4 Å². The number of aromatic nitrogens is 2. The maximum absolute atomic E-state index is 13.2. The number of nitro benzene ring substituents is 1. The number of aromatic hydroxyl groups is 1. The van der Waals surface area contributed by atoms with Gasteiger partial charge < -0.3 is 5.11 Å². The molecule has 1 saturated carbocycles. The zero-order valence-electron chi connectivity index (χ0n) is 16.0. The Bertz CT molecular complexity index is 1220. The molecule has 1 aliphatic rings. The predicted octanol–water partition coefficient (Wildman–Crippen LogP) is 4.70. The highest BCUT2D eigenvalue weighted by atomic mass is 79.9. The first-order valence-electron chi connectivity index (χ1n) is 9.68. The second-order valence-electron chi connectivity index (χ2n) is 7.31. The van der Waals surface area contributed by atoms with Gasteiger partial charge in [0.2, 0.25) is 5.75 Å². The van der Waals surface area contributed by atoms with E-state index in [9.17, 15) is 20.0 Å². The Labute approximate surface area is 180 Å². The molecular weight excluding hydrogens is 452 g/mol. The molecule has 4 rings (SSSR count). The van der Waals surface area contributed by atoms with Crippen molar-refractivity contribution in [2.75, 3.05) is 0 Å². The van der Waals surface area contributed by atoms with E-state index in [-0.39, 0.29) is 15.9 Å². The molecule has 0 atom stereocenters. The minimum atomic E-state index is -0.672. The fourth-order valence-electron chi connectivity index (χ4n) is 3.82. The highest BCUT2D eigenvalue weighted by Gasteiger charge is 2.22. The first kappa shape index (κ1) is 20.2. The van der Waals surface area contributed by atoms with Crippen molar-refractivity contribution in [3.63, 3.8) is 0 Å². The van der Waals surface area contributed by atoms with Crippen molar-refractivity contribution in [3.8, 4) is 5.75 Å². The fourth-order valence-corrected chi connectivity index (χ4v) is 4.29. The van der Waals surface area contributed by atoms with Gasteiger partial charge in [-0.05, 0) is 47.0 Å². The molecule has 1 aliphatic carbocycles. The van der Waals surface area contributed by atoms with Gasteiger partial charge in [-0.25, -0.2) is 4.98 Å². The summed E-state index contributed by atoms with van der Waals surface area (Å²) in [6.45, 7) is 0. The average Bonchev–Trinajstić information content (AvgIpc) is 2.75. The molecule has 1 heterocycles. The second-order valence-corrected chi connectivity index (χ2v) is 8.17. The molecule has 9 heteroatoms. The van der Waals surface area contributed by atoms with Crippen LogP contribution in [0.2, 0.25) is 0 Å². The zero-order valence-corrected chi connectivity index (χ0v) is 17.6. The molecule has 0 radical (unpaired) electrons. The molecule has 0 bridgehead atoms. The lowest BCUT2D eigenvalue weighted by atomic mass is 9.88. The molecule has 8 nitrogen and oxygen atoms in total. The Kier molecular flexibility index (Phi) is 5.63. The van der Waals surface area contributed by atoms with Crippen LogP contribution in [0.15, 0.2) is 50.8 Å². The average molecular weight is 471 g/mol. The SMILES string of the molecule is O=c1c2ccccc2nc(C2CCCCC2)n1N=Cc1cc(Br)c(O)c([N+](=O)[O-])c1. The second kappa shape index (κ2) is 8.35. The number of rotatable bonds is 4. The van der Waals surface area contributed by atoms with E-state index in [0.29, 0.717) is 22.3 Å². The third kappa shape index (κ3) is 3.85. The molecule has 2 aromatic carbocycles. The largest absolute Gasteiger partial charge is 0.501 e. The topological polar surface area (TPSA) is 111 Å². The molecule has 1 fully saturated rings. The van der Waals surface area contributed by atoms with Crippen molar-refractivity contribution < 1.29 is 10.0 Å². The number of nitro groups is 1. The van der Waals surface area contributed by atoms with Gasteiger partial charge in [0.1, 0.15) is 5.82 Å². The highest BCUT2D eigenvalue weighted by molar-refractivity contribution is 9.10. The van der Waals surface area contributed by atoms with Crippen molar-refractivity contribution in [2.45, 2.75) is 38.0 Å². The maximum atomic E-state index is 13.2. The van der Waals surface area contributed by atoms with Gasteiger partial charge in [-0.2, -0.15) is 9.78 Å². The highest BCUT2D eigenvalue weighted by Crippen LogP contribution is 2.35. The van der Waals surface area contributed by atoms with Crippen LogP contribution < -0.4 is 5.56 Å². The van der Waals surface area contributed by atoms with E-state index in [4.69, 9.17) is 4.98 Å². The van der Waals surface area contributed by atoms with E-state index in [1.54, 1.807) is 12.1 Å². The molecule has 30 heavy (non-hydrogen) atoms. The normalized spacial score (nSPS) is 15.1. The summed E-state index contributed by atoms with van der Waals surface area (Å²) in [5, 5.41) is 25.9. The van der Waals surface area contributed by atoms with Crippen LogP contribution in [0.4, 0.5) is 5.69 Å². The monoisotopic (exact) mass is 470 g/mol. The van der Waals surface area contributed by atoms with Gasteiger partial charge in [0.15, 0.2) is 0 Å². The molecule has 1 aromatic heterocycles. The molecule has 0 amide bonds. The van der Waals surface area contributed by atoms with E-state index in [0.717, 1.165) is 25.7 Å². The summed E-state index contributed by atoms with van der Waals surface area (Å²) < 4.78 is 1.49.